The summed E-state index contributed by atoms with van der Waals surface area (Å²) in [7, 11) is -3.46. The van der Waals surface area contributed by atoms with Gasteiger partial charge in [-0.1, -0.05) is 30.3 Å². The van der Waals surface area contributed by atoms with Gasteiger partial charge in [0.25, 0.3) is 10.0 Å². The number of hydrogen-bond acceptors (Lipinski definition) is 5. The van der Waals surface area contributed by atoms with Gasteiger partial charge in [-0.25, -0.2) is 8.42 Å². The van der Waals surface area contributed by atoms with Crippen LogP contribution in [0.25, 0.3) is 11.4 Å². The molecule has 1 aromatic carbocycles. The van der Waals surface area contributed by atoms with E-state index in [0.29, 0.717) is 10.0 Å². The fraction of sp³-hybridized carbons (Fsp3) is 0.125. The van der Waals surface area contributed by atoms with Crippen LogP contribution in [0.3, 0.4) is 0 Å². The van der Waals surface area contributed by atoms with E-state index in [1.165, 1.54) is 0 Å². The van der Waals surface area contributed by atoms with Crippen LogP contribution < -0.4 is 0 Å². The molecule has 2 aromatic rings. The molecule has 15 heavy (non-hydrogen) atoms. The third-order valence-electron chi connectivity index (χ3n) is 1.72. The second-order valence-corrected chi connectivity index (χ2v) is 4.76. The van der Waals surface area contributed by atoms with Gasteiger partial charge in [0.2, 0.25) is 5.82 Å². The van der Waals surface area contributed by atoms with Gasteiger partial charge in [-0.05, 0) is 9.42 Å². The summed E-state index contributed by atoms with van der Waals surface area (Å²) in [6, 6.07) is 9.05. The number of benzene rings is 1. The average Bonchev–Trinajstić information content (AvgIpc) is 2.67. The van der Waals surface area contributed by atoms with Crippen molar-refractivity contribution in [2.45, 2.75) is 0 Å². The molecule has 2 rings (SSSR count). The van der Waals surface area contributed by atoms with E-state index < -0.39 is 10.0 Å². The average molecular weight is 224 g/mol. The second-order valence-electron chi connectivity index (χ2n) is 2.96. The van der Waals surface area contributed by atoms with Crippen LogP contribution in [0.2, 0.25) is 0 Å². The van der Waals surface area contributed by atoms with E-state index in [1.807, 2.05) is 18.2 Å². The molecule has 0 bridgehead atoms. The molecule has 0 aliphatic heterocycles. The molecule has 0 amide bonds. The number of hydrogen-bond donors (Lipinski definition) is 0. The van der Waals surface area contributed by atoms with Crippen LogP contribution in [0.1, 0.15) is 0 Å². The zero-order valence-electron chi connectivity index (χ0n) is 7.90. The molecule has 0 aliphatic rings. The topological polar surface area (TPSA) is 77.7 Å². The van der Waals surface area contributed by atoms with Gasteiger partial charge in [0.15, 0.2) is 0 Å². The summed E-state index contributed by atoms with van der Waals surface area (Å²) in [6.45, 7) is 0. The van der Waals surface area contributed by atoms with Crippen molar-refractivity contribution in [2.75, 3.05) is 6.26 Å². The largest absolute Gasteiger partial charge is 0.268 e. The van der Waals surface area contributed by atoms with Crippen molar-refractivity contribution in [1.82, 2.24) is 19.6 Å². The first-order valence-electron chi connectivity index (χ1n) is 4.13. The summed E-state index contributed by atoms with van der Waals surface area (Å²) in [5.41, 5.74) is 0.729. The predicted octanol–water partition coefficient (Wildman–Crippen LogP) is 0.148. The highest BCUT2D eigenvalue weighted by atomic mass is 32.2. The highest BCUT2D eigenvalue weighted by molar-refractivity contribution is 7.88. The van der Waals surface area contributed by atoms with Crippen LogP contribution in [0, 0.1) is 0 Å². The van der Waals surface area contributed by atoms with Gasteiger partial charge in [0.05, 0.1) is 6.26 Å². The van der Waals surface area contributed by atoms with E-state index >= 15 is 0 Å². The maximum atomic E-state index is 11.1. The van der Waals surface area contributed by atoms with Crippen molar-refractivity contribution in [3.63, 3.8) is 0 Å². The van der Waals surface area contributed by atoms with Crippen LogP contribution >= 0.6 is 0 Å². The van der Waals surface area contributed by atoms with Gasteiger partial charge in [-0.15, -0.1) is 10.2 Å². The Labute approximate surface area is 86.6 Å². The van der Waals surface area contributed by atoms with E-state index in [1.54, 1.807) is 12.1 Å². The fourth-order valence-corrected chi connectivity index (χ4v) is 1.44. The Balaban J connectivity index is 2.46. The van der Waals surface area contributed by atoms with Crippen LogP contribution in [-0.4, -0.2) is 34.3 Å². The molecule has 0 atom stereocenters. The molecule has 0 N–H and O–H groups in total. The van der Waals surface area contributed by atoms with E-state index in [-0.39, 0.29) is 0 Å². The molecule has 78 valence electrons. The maximum Gasteiger partial charge on any atom is 0.268 e. The van der Waals surface area contributed by atoms with Gasteiger partial charge in [0, 0.05) is 5.56 Å². The van der Waals surface area contributed by atoms with Crippen molar-refractivity contribution in [3.05, 3.63) is 30.3 Å². The Morgan fingerprint density at radius 1 is 1.20 bits per heavy atom. The number of tetrazole rings is 1. The number of rotatable bonds is 2. The zero-order valence-corrected chi connectivity index (χ0v) is 8.72. The van der Waals surface area contributed by atoms with Crippen molar-refractivity contribution in [1.29, 1.82) is 0 Å². The van der Waals surface area contributed by atoms with E-state index in [9.17, 15) is 8.42 Å². The van der Waals surface area contributed by atoms with E-state index in [4.69, 9.17) is 0 Å². The Morgan fingerprint density at radius 2 is 1.87 bits per heavy atom. The van der Waals surface area contributed by atoms with Crippen molar-refractivity contribution < 1.29 is 8.42 Å². The lowest BCUT2D eigenvalue weighted by molar-refractivity contribution is 0.572. The summed E-state index contributed by atoms with van der Waals surface area (Å²) >= 11 is 0. The minimum atomic E-state index is -3.46. The Kier molecular flexibility index (Phi) is 2.24. The molecular formula is C8H8N4O2S. The smallest absolute Gasteiger partial charge is 0.203 e. The van der Waals surface area contributed by atoms with Crippen molar-refractivity contribution >= 4 is 10.0 Å². The molecule has 0 saturated carbocycles. The lowest BCUT2D eigenvalue weighted by Crippen LogP contribution is -2.13. The molecule has 6 nitrogen and oxygen atoms in total. The standard InChI is InChI=1S/C8H8N4O2S/c1-15(13,14)12-10-8(9-11-12)7-5-3-2-4-6-7/h2-6H,1H3. The van der Waals surface area contributed by atoms with Gasteiger partial charge < -0.3 is 0 Å². The molecule has 7 heteroatoms. The quantitative estimate of drug-likeness (QED) is 0.725. The van der Waals surface area contributed by atoms with Crippen LogP contribution in [0.5, 0.6) is 0 Å². The van der Waals surface area contributed by atoms with E-state index in [2.05, 4.69) is 15.4 Å². The predicted molar refractivity (Wildman–Crippen MR) is 53.5 cm³/mol. The summed E-state index contributed by atoms with van der Waals surface area (Å²) < 4.78 is 22.8. The molecule has 0 unspecified atom stereocenters. The fourth-order valence-electron chi connectivity index (χ4n) is 1.04. The third-order valence-corrected chi connectivity index (χ3v) is 2.47. The molecule has 0 spiro atoms. The molecule has 1 heterocycles. The molecule has 0 radical (unpaired) electrons. The Morgan fingerprint density at radius 3 is 2.40 bits per heavy atom. The monoisotopic (exact) mass is 224 g/mol. The first-order chi connectivity index (χ1) is 7.07. The first kappa shape index (κ1) is 9.78. The van der Waals surface area contributed by atoms with Gasteiger partial charge in [-0.3, -0.25) is 0 Å². The molecular weight excluding hydrogens is 216 g/mol. The van der Waals surface area contributed by atoms with Crippen LogP contribution in [-0.2, 0) is 10.0 Å². The zero-order chi connectivity index (χ0) is 10.9. The summed E-state index contributed by atoms with van der Waals surface area (Å²) in [5.74, 6) is 0.293. The van der Waals surface area contributed by atoms with Crippen molar-refractivity contribution in [2.24, 2.45) is 0 Å². The van der Waals surface area contributed by atoms with Gasteiger partial charge >= 0.3 is 0 Å². The first-order valence-corrected chi connectivity index (χ1v) is 5.98. The summed E-state index contributed by atoms with van der Waals surface area (Å²) in [4.78, 5) is 0. The number of aromatic nitrogens is 4. The molecule has 0 saturated heterocycles. The SMILES string of the molecule is CS(=O)(=O)n1nnc(-c2ccccc2)n1. The highest BCUT2D eigenvalue weighted by Gasteiger charge is 2.11. The van der Waals surface area contributed by atoms with Gasteiger partial charge in [0.1, 0.15) is 0 Å². The normalized spacial score (nSPS) is 11.5. The van der Waals surface area contributed by atoms with Crippen LogP contribution in [0.4, 0.5) is 0 Å². The van der Waals surface area contributed by atoms with Crippen molar-refractivity contribution in [3.8, 4) is 11.4 Å². The van der Waals surface area contributed by atoms with E-state index in [0.717, 1.165) is 11.8 Å². The number of nitrogens with zero attached hydrogens (tertiary/aromatic N) is 4. The highest BCUT2D eigenvalue weighted by Crippen LogP contribution is 2.11. The Bertz CT molecular complexity index is 561. The summed E-state index contributed by atoms with van der Waals surface area (Å²) in [6.07, 6.45) is 1.02. The second kappa shape index (κ2) is 3.43. The molecule has 1 aromatic heterocycles. The van der Waals surface area contributed by atoms with Gasteiger partial charge in [-0.2, -0.15) is 0 Å². The minimum Gasteiger partial charge on any atom is -0.203 e. The molecule has 0 fully saturated rings. The lowest BCUT2D eigenvalue weighted by atomic mass is 10.2. The molecule has 0 aliphatic carbocycles. The summed E-state index contributed by atoms with van der Waals surface area (Å²) in [5, 5.41) is 10.9. The maximum absolute atomic E-state index is 11.1. The minimum absolute atomic E-state index is 0.293. The Hall–Kier alpha value is -1.76. The van der Waals surface area contributed by atoms with Crippen LogP contribution in [0.15, 0.2) is 30.3 Å². The third kappa shape index (κ3) is 2.01. The lowest BCUT2D eigenvalue weighted by Gasteiger charge is -1.92.